The van der Waals surface area contributed by atoms with Crippen LogP contribution < -0.4 is 5.32 Å². The van der Waals surface area contributed by atoms with Gasteiger partial charge in [0.2, 0.25) is 5.91 Å². The number of aryl methyl sites for hydroxylation is 1. The fraction of sp³-hybridized carbons (Fsp3) is 0.136. The Morgan fingerprint density at radius 3 is 2.48 bits per heavy atom. The molecule has 0 saturated heterocycles. The predicted molar refractivity (Wildman–Crippen MR) is 114 cm³/mol. The molecular weight excluding hydrogens is 384 g/mol. The third kappa shape index (κ3) is 4.25. The van der Waals surface area contributed by atoms with E-state index in [2.05, 4.69) is 15.5 Å². The second kappa shape index (κ2) is 8.36. The van der Waals surface area contributed by atoms with Crippen molar-refractivity contribution in [3.63, 3.8) is 0 Å². The first-order valence-electron chi connectivity index (χ1n) is 9.14. The van der Waals surface area contributed by atoms with E-state index in [-0.39, 0.29) is 5.91 Å². The Morgan fingerprint density at radius 2 is 1.79 bits per heavy atom. The van der Waals surface area contributed by atoms with Gasteiger partial charge in [-0.1, -0.05) is 59.8 Å². The number of thioether (sulfide) groups is 1. The van der Waals surface area contributed by atoms with Gasteiger partial charge in [0.15, 0.2) is 16.7 Å². The molecule has 6 nitrogen and oxygen atoms in total. The van der Waals surface area contributed by atoms with E-state index in [0.29, 0.717) is 16.7 Å². The van der Waals surface area contributed by atoms with Gasteiger partial charge in [0.25, 0.3) is 0 Å². The van der Waals surface area contributed by atoms with E-state index >= 15 is 0 Å². The number of nitrogens with zero attached hydrogens (tertiary/aromatic N) is 3. The van der Waals surface area contributed by atoms with Gasteiger partial charge in [-0.2, -0.15) is 0 Å². The molecule has 1 N–H and O–H groups in total. The smallest absolute Gasteiger partial charge is 0.242 e. The summed E-state index contributed by atoms with van der Waals surface area (Å²) in [5.41, 5.74) is 2.79. The van der Waals surface area contributed by atoms with Crippen LogP contribution in [0.5, 0.6) is 0 Å². The number of nitrogens with one attached hydrogen (secondary N) is 1. The Hall–Kier alpha value is -3.32. The van der Waals surface area contributed by atoms with Crippen molar-refractivity contribution in [2.45, 2.75) is 17.3 Å². The number of rotatable bonds is 6. The van der Waals surface area contributed by atoms with Crippen molar-refractivity contribution < 1.29 is 9.21 Å². The van der Waals surface area contributed by atoms with Crippen LogP contribution in [0, 0.1) is 6.92 Å². The summed E-state index contributed by atoms with van der Waals surface area (Å²) >= 11 is 1.35. The molecule has 2 heterocycles. The van der Waals surface area contributed by atoms with E-state index < -0.39 is 5.25 Å². The average molecular weight is 404 g/mol. The molecule has 4 rings (SSSR count). The molecule has 2 aromatic carbocycles. The van der Waals surface area contributed by atoms with Crippen molar-refractivity contribution in [2.75, 3.05) is 5.32 Å². The van der Waals surface area contributed by atoms with Crippen molar-refractivity contribution in [3.05, 3.63) is 84.1 Å². The highest BCUT2D eigenvalue weighted by Crippen LogP contribution is 2.36. The van der Waals surface area contributed by atoms with Crippen molar-refractivity contribution in [3.8, 4) is 11.6 Å². The summed E-state index contributed by atoms with van der Waals surface area (Å²) in [6, 6.07) is 21.0. The van der Waals surface area contributed by atoms with Crippen LogP contribution in [-0.2, 0) is 11.8 Å². The van der Waals surface area contributed by atoms with Gasteiger partial charge in [0.05, 0.1) is 6.26 Å². The lowest BCUT2D eigenvalue weighted by molar-refractivity contribution is -0.115. The molecule has 0 radical (unpaired) electrons. The molecule has 0 fully saturated rings. The second-order valence-corrected chi connectivity index (χ2v) is 7.68. The Morgan fingerprint density at radius 1 is 1.03 bits per heavy atom. The van der Waals surface area contributed by atoms with Crippen molar-refractivity contribution in [1.29, 1.82) is 0 Å². The van der Waals surface area contributed by atoms with Crippen LogP contribution in [0.3, 0.4) is 0 Å². The quantitative estimate of drug-likeness (QED) is 0.465. The van der Waals surface area contributed by atoms with Gasteiger partial charge < -0.3 is 14.3 Å². The third-order valence-electron chi connectivity index (χ3n) is 4.46. The van der Waals surface area contributed by atoms with Crippen LogP contribution in [0.25, 0.3) is 11.6 Å². The van der Waals surface area contributed by atoms with E-state index in [1.165, 1.54) is 11.8 Å². The van der Waals surface area contributed by atoms with Crippen LogP contribution in [0.15, 0.2) is 82.6 Å². The number of hydrogen-bond acceptors (Lipinski definition) is 5. The number of benzene rings is 2. The molecule has 0 aliphatic heterocycles. The van der Waals surface area contributed by atoms with Crippen LogP contribution in [0.2, 0.25) is 0 Å². The number of carbonyl (C=O) groups is 1. The molecule has 4 aromatic rings. The molecule has 0 unspecified atom stereocenters. The lowest BCUT2D eigenvalue weighted by Gasteiger charge is -2.16. The fourth-order valence-electron chi connectivity index (χ4n) is 2.89. The van der Waals surface area contributed by atoms with E-state index in [4.69, 9.17) is 4.42 Å². The minimum absolute atomic E-state index is 0.118. The first-order valence-corrected chi connectivity index (χ1v) is 10.0. The molecule has 1 atom stereocenters. The van der Waals surface area contributed by atoms with E-state index in [1.807, 2.05) is 79.2 Å². The minimum Gasteiger partial charge on any atom is -0.461 e. The van der Waals surface area contributed by atoms with Gasteiger partial charge in [0.1, 0.15) is 5.25 Å². The Kier molecular flexibility index (Phi) is 5.48. The first-order chi connectivity index (χ1) is 14.1. The van der Waals surface area contributed by atoms with Crippen molar-refractivity contribution >= 4 is 23.4 Å². The number of furan rings is 1. The summed E-state index contributed by atoms with van der Waals surface area (Å²) in [5.74, 6) is 1.13. The van der Waals surface area contributed by atoms with Gasteiger partial charge in [-0.3, -0.25) is 4.79 Å². The summed E-state index contributed by atoms with van der Waals surface area (Å²) < 4.78 is 7.26. The Labute approximate surface area is 173 Å². The molecule has 1 amide bonds. The summed E-state index contributed by atoms with van der Waals surface area (Å²) in [4.78, 5) is 13.1. The number of anilines is 1. The van der Waals surface area contributed by atoms with Crippen LogP contribution >= 0.6 is 11.8 Å². The topological polar surface area (TPSA) is 73.0 Å². The molecule has 0 bridgehead atoms. The predicted octanol–water partition coefficient (Wildman–Crippen LogP) is 4.86. The normalized spacial score (nSPS) is 11.9. The summed E-state index contributed by atoms with van der Waals surface area (Å²) in [7, 11) is 1.86. The van der Waals surface area contributed by atoms with Gasteiger partial charge >= 0.3 is 0 Å². The van der Waals surface area contributed by atoms with Crippen LogP contribution in [0.4, 0.5) is 5.69 Å². The Bertz CT molecular complexity index is 1090. The lowest BCUT2D eigenvalue weighted by Crippen LogP contribution is -2.19. The van der Waals surface area contributed by atoms with Crippen molar-refractivity contribution in [1.82, 2.24) is 14.8 Å². The summed E-state index contributed by atoms with van der Waals surface area (Å²) in [6.45, 7) is 2.01. The zero-order chi connectivity index (χ0) is 20.2. The van der Waals surface area contributed by atoms with Crippen molar-refractivity contribution in [2.24, 2.45) is 7.05 Å². The molecule has 2 aromatic heterocycles. The zero-order valence-corrected chi connectivity index (χ0v) is 16.9. The molecule has 0 aliphatic rings. The maximum absolute atomic E-state index is 13.1. The maximum atomic E-state index is 13.1. The highest BCUT2D eigenvalue weighted by molar-refractivity contribution is 8.00. The first kappa shape index (κ1) is 19.0. The average Bonchev–Trinajstić information content (AvgIpc) is 3.38. The molecular formula is C22H20N4O2S. The third-order valence-corrected chi connectivity index (χ3v) is 5.75. The number of hydrogen-bond donors (Lipinski definition) is 1. The van der Waals surface area contributed by atoms with Gasteiger partial charge in [0, 0.05) is 12.7 Å². The zero-order valence-electron chi connectivity index (χ0n) is 16.1. The summed E-state index contributed by atoms with van der Waals surface area (Å²) in [6.07, 6.45) is 1.60. The minimum atomic E-state index is -0.482. The lowest BCUT2D eigenvalue weighted by atomic mass is 10.1. The highest BCUT2D eigenvalue weighted by atomic mass is 32.2. The Balaban J connectivity index is 1.61. The molecule has 0 saturated carbocycles. The molecule has 7 heteroatoms. The standard InChI is InChI=1S/C22H20N4O2S/c1-15-10-12-17(13-11-15)23-21(27)19(16-7-4-3-5-8-16)29-22-25-24-20(26(22)2)18-9-6-14-28-18/h3-14,19H,1-2H3,(H,23,27)/t19-/m0/s1. The molecule has 0 spiro atoms. The van der Waals surface area contributed by atoms with Gasteiger partial charge in [-0.05, 0) is 36.8 Å². The largest absolute Gasteiger partial charge is 0.461 e. The molecule has 0 aliphatic carbocycles. The summed E-state index contributed by atoms with van der Waals surface area (Å²) in [5, 5.41) is 11.7. The monoisotopic (exact) mass is 404 g/mol. The van der Waals surface area contributed by atoms with Gasteiger partial charge in [-0.15, -0.1) is 10.2 Å². The van der Waals surface area contributed by atoms with Crippen LogP contribution in [0.1, 0.15) is 16.4 Å². The maximum Gasteiger partial charge on any atom is 0.242 e. The SMILES string of the molecule is Cc1ccc(NC(=O)[C@@H](Sc2nnc(-c3ccco3)n2C)c2ccccc2)cc1. The molecule has 146 valence electrons. The van der Waals surface area contributed by atoms with E-state index in [9.17, 15) is 4.79 Å². The second-order valence-electron chi connectivity index (χ2n) is 6.61. The van der Waals surface area contributed by atoms with E-state index in [1.54, 1.807) is 12.3 Å². The van der Waals surface area contributed by atoms with Gasteiger partial charge in [-0.25, -0.2) is 0 Å². The number of amides is 1. The number of aromatic nitrogens is 3. The van der Waals surface area contributed by atoms with E-state index in [0.717, 1.165) is 16.8 Å². The molecule has 29 heavy (non-hydrogen) atoms. The fourth-order valence-corrected chi connectivity index (χ4v) is 3.89. The number of carbonyl (C=O) groups excluding carboxylic acids is 1. The highest BCUT2D eigenvalue weighted by Gasteiger charge is 2.25. The van der Waals surface area contributed by atoms with Crippen LogP contribution in [-0.4, -0.2) is 20.7 Å².